The molecule has 5 rings (SSSR count). The quantitative estimate of drug-likeness (QED) is 0.124. The zero-order chi connectivity index (χ0) is 26.5. The summed E-state index contributed by atoms with van der Waals surface area (Å²) in [5, 5.41) is 4.93. The van der Waals surface area contributed by atoms with Gasteiger partial charge in [0.2, 0.25) is 0 Å². The Bertz CT molecular complexity index is 1460. The highest BCUT2D eigenvalue weighted by Crippen LogP contribution is 2.39. The Kier molecular flexibility index (Phi) is 8.05. The lowest BCUT2D eigenvalue weighted by molar-refractivity contribution is -0.123. The van der Waals surface area contributed by atoms with Gasteiger partial charge in [-0.2, -0.15) is 5.10 Å². The fourth-order valence-electron chi connectivity index (χ4n) is 4.33. The zero-order valence-corrected chi connectivity index (χ0v) is 23.0. The monoisotopic (exact) mass is 539 g/mol. The van der Waals surface area contributed by atoms with Crippen molar-refractivity contribution in [3.05, 3.63) is 107 Å². The largest absolute Gasteiger partial charge is 0.494 e. The van der Waals surface area contributed by atoms with Gasteiger partial charge in [-0.25, -0.2) is 4.68 Å². The minimum absolute atomic E-state index is 0.0913. The number of thiocarbonyl (C=S) groups is 1. The van der Waals surface area contributed by atoms with Crippen molar-refractivity contribution in [2.75, 3.05) is 6.61 Å². The van der Waals surface area contributed by atoms with Crippen LogP contribution in [0.3, 0.4) is 0 Å². The Balaban J connectivity index is 1.52. The molecule has 1 aromatic heterocycles. The van der Waals surface area contributed by atoms with Gasteiger partial charge in [0.25, 0.3) is 5.91 Å². The molecule has 0 bridgehead atoms. The molecule has 0 saturated carbocycles. The van der Waals surface area contributed by atoms with Gasteiger partial charge in [0.05, 0.1) is 23.2 Å². The van der Waals surface area contributed by atoms with Crippen LogP contribution in [-0.4, -0.2) is 31.5 Å². The summed E-state index contributed by atoms with van der Waals surface area (Å²) in [5.74, 6) is 0.714. The van der Waals surface area contributed by atoms with Crippen molar-refractivity contribution >= 4 is 40.3 Å². The Labute approximate surface area is 233 Å². The second-order valence-corrected chi connectivity index (χ2v) is 10.8. The van der Waals surface area contributed by atoms with E-state index in [1.54, 1.807) is 4.90 Å². The number of carbonyl (C=O) groups excluding carboxylic acids is 1. The van der Waals surface area contributed by atoms with Crippen LogP contribution in [0.25, 0.3) is 23.0 Å². The molecule has 1 atom stereocenters. The Hall–Kier alpha value is -3.68. The molecule has 2 heterocycles. The van der Waals surface area contributed by atoms with Gasteiger partial charge in [0, 0.05) is 17.3 Å². The maximum absolute atomic E-state index is 13.6. The van der Waals surface area contributed by atoms with Crippen LogP contribution in [0.5, 0.6) is 5.75 Å². The lowest BCUT2D eigenvalue weighted by Crippen LogP contribution is -2.30. The third kappa shape index (κ3) is 5.59. The highest BCUT2D eigenvalue weighted by atomic mass is 32.2. The highest BCUT2D eigenvalue weighted by Gasteiger charge is 2.36. The van der Waals surface area contributed by atoms with Crippen molar-refractivity contribution in [1.82, 2.24) is 14.7 Å². The molecule has 4 aromatic rings. The van der Waals surface area contributed by atoms with Crippen LogP contribution in [0, 0.1) is 0 Å². The van der Waals surface area contributed by atoms with Crippen LogP contribution in [0.2, 0.25) is 0 Å². The third-order valence-corrected chi connectivity index (χ3v) is 7.75. The van der Waals surface area contributed by atoms with Gasteiger partial charge in [-0.1, -0.05) is 98.0 Å². The first-order chi connectivity index (χ1) is 18.5. The number of nitrogens with zero attached hydrogens (tertiary/aromatic N) is 3. The van der Waals surface area contributed by atoms with Crippen molar-refractivity contribution in [1.29, 1.82) is 0 Å². The minimum Gasteiger partial charge on any atom is -0.494 e. The lowest BCUT2D eigenvalue weighted by atomic mass is 10.1. The number of thioether (sulfide) groups is 1. The smallest absolute Gasteiger partial charge is 0.266 e. The maximum atomic E-state index is 13.6. The summed E-state index contributed by atoms with van der Waals surface area (Å²) in [6.07, 6.45) is 5.94. The third-order valence-electron chi connectivity index (χ3n) is 6.42. The van der Waals surface area contributed by atoms with Crippen LogP contribution < -0.4 is 4.74 Å². The average Bonchev–Trinajstić information content (AvgIpc) is 3.49. The van der Waals surface area contributed by atoms with E-state index in [1.165, 1.54) is 11.8 Å². The molecule has 0 spiro atoms. The van der Waals surface area contributed by atoms with Gasteiger partial charge in [-0.05, 0) is 49.2 Å². The molecule has 1 amide bonds. The van der Waals surface area contributed by atoms with Crippen molar-refractivity contribution in [3.8, 4) is 22.7 Å². The molecular formula is C31H29N3O2S2. The van der Waals surface area contributed by atoms with E-state index in [1.807, 2.05) is 109 Å². The van der Waals surface area contributed by atoms with Gasteiger partial charge in [0.1, 0.15) is 15.8 Å². The molecule has 0 aliphatic carbocycles. The summed E-state index contributed by atoms with van der Waals surface area (Å²) in [4.78, 5) is 15.8. The second kappa shape index (κ2) is 11.8. The molecule has 3 aromatic carbocycles. The number of ether oxygens (including phenoxy) is 1. The summed E-state index contributed by atoms with van der Waals surface area (Å²) < 4.78 is 8.36. The first-order valence-electron chi connectivity index (χ1n) is 12.8. The molecule has 1 aliphatic rings. The Morgan fingerprint density at radius 1 is 1.03 bits per heavy atom. The molecule has 38 heavy (non-hydrogen) atoms. The molecule has 1 saturated heterocycles. The Morgan fingerprint density at radius 2 is 1.76 bits per heavy atom. The molecule has 0 unspecified atom stereocenters. The second-order valence-electron chi connectivity index (χ2n) is 9.08. The number of amides is 1. The number of rotatable bonds is 9. The molecule has 0 N–H and O–H groups in total. The predicted molar refractivity (Wildman–Crippen MR) is 159 cm³/mol. The lowest BCUT2D eigenvalue weighted by Gasteiger charge is -2.23. The van der Waals surface area contributed by atoms with Crippen molar-refractivity contribution in [2.45, 2.75) is 32.7 Å². The zero-order valence-electron chi connectivity index (χ0n) is 21.4. The van der Waals surface area contributed by atoms with Crippen LogP contribution in [0.1, 0.15) is 43.9 Å². The van der Waals surface area contributed by atoms with Crippen LogP contribution in [0.15, 0.2) is 96.0 Å². The van der Waals surface area contributed by atoms with Crippen LogP contribution in [0.4, 0.5) is 0 Å². The number of benzene rings is 3. The minimum atomic E-state index is -0.155. The molecule has 1 fully saturated rings. The van der Waals surface area contributed by atoms with Gasteiger partial charge in [-0.15, -0.1) is 0 Å². The number of hydrogen-bond acceptors (Lipinski definition) is 5. The van der Waals surface area contributed by atoms with Gasteiger partial charge in [0.15, 0.2) is 0 Å². The van der Waals surface area contributed by atoms with E-state index in [9.17, 15) is 4.79 Å². The molecule has 192 valence electrons. The van der Waals surface area contributed by atoms with Crippen LogP contribution >= 0.6 is 24.0 Å². The summed E-state index contributed by atoms with van der Waals surface area (Å²) in [6, 6.07) is 27.7. The number of unbranched alkanes of at least 4 members (excludes halogenated alkanes) is 1. The average molecular weight is 540 g/mol. The number of carbonyl (C=O) groups is 1. The fraction of sp³-hybridized carbons (Fsp3) is 0.194. The summed E-state index contributed by atoms with van der Waals surface area (Å²) >= 11 is 6.99. The maximum Gasteiger partial charge on any atom is 0.266 e. The predicted octanol–water partition coefficient (Wildman–Crippen LogP) is 7.68. The summed E-state index contributed by atoms with van der Waals surface area (Å²) in [5.41, 5.74) is 4.52. The van der Waals surface area contributed by atoms with E-state index >= 15 is 0 Å². The SMILES string of the molecule is CCCCOc1cccc(-c2nn(-c3ccccc3)cc2/C=C2\SC(=S)N([C@H](C)c3ccccc3)C2=O)c1. The van der Waals surface area contributed by atoms with E-state index in [-0.39, 0.29) is 11.9 Å². The first-order valence-corrected chi connectivity index (χ1v) is 14.0. The van der Waals surface area contributed by atoms with Gasteiger partial charge < -0.3 is 4.74 Å². The standard InChI is InChI=1S/C31H29N3O2S2/c1-3-4-18-36-27-17-11-14-24(19-27)29-25(21-33(32-29)26-15-9-6-10-16-26)20-28-30(35)34(31(37)38-28)22(2)23-12-7-5-8-13-23/h5-17,19-22H,3-4,18H2,1-2H3/b28-20-/t22-/m1/s1. The topological polar surface area (TPSA) is 47.4 Å². The van der Waals surface area contributed by atoms with Crippen molar-refractivity contribution in [2.24, 2.45) is 0 Å². The summed E-state index contributed by atoms with van der Waals surface area (Å²) in [7, 11) is 0. The van der Waals surface area contributed by atoms with Crippen molar-refractivity contribution < 1.29 is 9.53 Å². The van der Waals surface area contributed by atoms with Gasteiger partial charge in [-0.3, -0.25) is 9.69 Å². The number of hydrogen-bond donors (Lipinski definition) is 0. The first kappa shape index (κ1) is 25.9. The molecule has 7 heteroatoms. The normalized spacial score (nSPS) is 15.3. The van der Waals surface area contributed by atoms with Gasteiger partial charge >= 0.3 is 0 Å². The van der Waals surface area contributed by atoms with Crippen LogP contribution in [-0.2, 0) is 4.79 Å². The highest BCUT2D eigenvalue weighted by molar-refractivity contribution is 8.26. The van der Waals surface area contributed by atoms with E-state index < -0.39 is 0 Å². The fourth-order valence-corrected chi connectivity index (χ4v) is 5.74. The molecular weight excluding hydrogens is 510 g/mol. The molecule has 1 aliphatic heterocycles. The van der Waals surface area contributed by atoms with E-state index in [4.69, 9.17) is 22.1 Å². The number of aromatic nitrogens is 2. The van der Waals surface area contributed by atoms with E-state index in [0.717, 1.165) is 46.7 Å². The molecule has 0 radical (unpaired) electrons. The van der Waals surface area contributed by atoms with E-state index in [0.29, 0.717) is 15.8 Å². The molecule has 5 nitrogen and oxygen atoms in total. The number of para-hydroxylation sites is 1. The Morgan fingerprint density at radius 3 is 2.50 bits per heavy atom. The summed E-state index contributed by atoms with van der Waals surface area (Å²) in [6.45, 7) is 4.82. The van der Waals surface area contributed by atoms with E-state index in [2.05, 4.69) is 6.92 Å². The van der Waals surface area contributed by atoms with Crippen molar-refractivity contribution in [3.63, 3.8) is 0 Å².